The molecule has 2 unspecified atom stereocenters. The number of aliphatic hydroxyl groups is 1. The number of piperidine rings is 1. The molecule has 4 aliphatic rings. The summed E-state index contributed by atoms with van der Waals surface area (Å²) in [6.07, 6.45) is 2.42. The van der Waals surface area contributed by atoms with Crippen LogP contribution in [0.2, 0.25) is 0 Å². The van der Waals surface area contributed by atoms with Crippen LogP contribution >= 0.6 is 0 Å². The Hall–Kier alpha value is -5.85. The zero-order valence-electron chi connectivity index (χ0n) is 32.8. The molecule has 6 aromatic rings. The Kier molecular flexibility index (Phi) is 9.17. The predicted molar refractivity (Wildman–Crippen MR) is 214 cm³/mol. The monoisotopic (exact) mass is 808 g/mol. The maximum atomic E-state index is 15.4. The summed E-state index contributed by atoms with van der Waals surface area (Å²) in [5.41, 5.74) is 2.71. The van der Waals surface area contributed by atoms with Crippen molar-refractivity contribution in [2.45, 2.75) is 56.6 Å². The first kappa shape index (κ1) is 37.4. The van der Waals surface area contributed by atoms with E-state index in [9.17, 15) is 14.3 Å². The minimum Gasteiger partial charge on any atom is -0.395 e. The fourth-order valence-corrected chi connectivity index (χ4v) is 9.51. The van der Waals surface area contributed by atoms with Gasteiger partial charge in [0.15, 0.2) is 11.5 Å². The van der Waals surface area contributed by atoms with Crippen LogP contribution < -0.4 is 15.1 Å². The third-order valence-corrected chi connectivity index (χ3v) is 12.3. The summed E-state index contributed by atoms with van der Waals surface area (Å²) < 4.78 is 54.0. The first-order valence-electron chi connectivity index (χ1n) is 19.8. The van der Waals surface area contributed by atoms with Crippen LogP contribution in [0.5, 0.6) is 0 Å². The maximum absolute atomic E-state index is 15.4. The van der Waals surface area contributed by atoms with Gasteiger partial charge in [-0.15, -0.1) is 0 Å². The Bertz CT molecular complexity index is 2610. The van der Waals surface area contributed by atoms with Crippen LogP contribution in [0.25, 0.3) is 39.0 Å². The van der Waals surface area contributed by atoms with Crippen molar-refractivity contribution in [2.75, 3.05) is 68.6 Å². The van der Waals surface area contributed by atoms with Crippen molar-refractivity contribution in [2.24, 2.45) is 0 Å². The third kappa shape index (κ3) is 6.40. The first-order chi connectivity index (χ1) is 28.6. The lowest BCUT2D eigenvalue weighted by Gasteiger charge is -2.56. The highest BCUT2D eigenvalue weighted by atomic mass is 19.1. The lowest BCUT2D eigenvalue weighted by molar-refractivity contribution is -0.132. The van der Waals surface area contributed by atoms with Gasteiger partial charge < -0.3 is 34.4 Å². The molecule has 15 nitrogen and oxygen atoms in total. The quantitative estimate of drug-likeness (QED) is 0.253. The zero-order chi connectivity index (χ0) is 40.7. The van der Waals surface area contributed by atoms with Gasteiger partial charge in [-0.05, 0) is 50.1 Å². The van der Waals surface area contributed by atoms with Crippen molar-refractivity contribution in [1.82, 2.24) is 44.1 Å². The number of likely N-dealkylation sites (tertiary alicyclic amines) is 1. The highest BCUT2D eigenvalue weighted by molar-refractivity contribution is 5.94. The van der Waals surface area contributed by atoms with Crippen LogP contribution in [0.15, 0.2) is 54.7 Å². The second kappa shape index (κ2) is 14.5. The van der Waals surface area contributed by atoms with E-state index in [1.54, 1.807) is 25.3 Å². The van der Waals surface area contributed by atoms with E-state index in [1.165, 1.54) is 28.9 Å². The van der Waals surface area contributed by atoms with Gasteiger partial charge in [-0.1, -0.05) is 6.07 Å². The topological polar surface area (TPSA) is 146 Å². The van der Waals surface area contributed by atoms with Gasteiger partial charge in [0.1, 0.15) is 40.8 Å². The number of ether oxygens (including phenoxy) is 1. The lowest BCUT2D eigenvalue weighted by Crippen LogP contribution is -2.69. The molecule has 0 aliphatic carbocycles. The summed E-state index contributed by atoms with van der Waals surface area (Å²) in [6, 6.07) is 10.9. The number of aryl methyl sites for hydroxylation is 1. The highest BCUT2D eigenvalue weighted by Crippen LogP contribution is 2.40. The zero-order valence-corrected chi connectivity index (χ0v) is 32.8. The van der Waals surface area contributed by atoms with Gasteiger partial charge in [-0.3, -0.25) is 9.69 Å². The minimum atomic E-state index is -0.801. The number of likely N-dealkylation sites (N-methyl/N-ethyl adjacent to an activating group) is 1. The molecule has 3 saturated heterocycles. The van der Waals surface area contributed by atoms with E-state index in [2.05, 4.69) is 25.2 Å². The number of benzene rings is 2. The predicted octanol–water partition coefficient (Wildman–Crippen LogP) is 3.75. The summed E-state index contributed by atoms with van der Waals surface area (Å²) >= 11 is 0. The third-order valence-electron chi connectivity index (χ3n) is 12.3. The van der Waals surface area contributed by atoms with E-state index in [-0.39, 0.29) is 42.9 Å². The SMILES string of the molecule is CO[C@H]1CN(C)C(=O)[C@@H]2C[C@@H](CN2c2nc(N3C4CC3CN(CCO)C4)nc3c2cnn3-c2ccc(F)cc2F)Nc2cccc(n2)-c2cc(F)cc3nc(C)n(c23)C1. The van der Waals surface area contributed by atoms with Crippen LogP contribution in [-0.4, -0.2) is 139 Å². The normalized spacial score (nSPS) is 23.4. The number of amides is 1. The molecule has 2 aromatic carbocycles. The van der Waals surface area contributed by atoms with E-state index in [4.69, 9.17) is 19.7 Å². The second-order valence-corrected chi connectivity index (χ2v) is 16.0. The van der Waals surface area contributed by atoms with E-state index in [0.29, 0.717) is 77.3 Å². The van der Waals surface area contributed by atoms with Gasteiger partial charge in [-0.25, -0.2) is 27.8 Å². The summed E-state index contributed by atoms with van der Waals surface area (Å²) in [4.78, 5) is 42.7. The number of nitrogens with one attached hydrogen (secondary N) is 1. The number of hydrogen-bond acceptors (Lipinski definition) is 12. The number of anilines is 3. The molecule has 1 amide bonds. The number of hydrogen-bond donors (Lipinski definition) is 2. The molecule has 0 radical (unpaired) electrons. The summed E-state index contributed by atoms with van der Waals surface area (Å²) in [6.45, 7) is 4.84. The molecular formula is C41H43F3N12O3. The van der Waals surface area contributed by atoms with Gasteiger partial charge in [0, 0.05) is 82.7 Å². The number of nitrogens with zero attached hydrogens (tertiary/aromatic N) is 11. The number of methoxy groups -OCH3 is 1. The van der Waals surface area contributed by atoms with Crippen molar-refractivity contribution in [3.63, 3.8) is 0 Å². The average molecular weight is 809 g/mol. The van der Waals surface area contributed by atoms with Crippen LogP contribution in [0.1, 0.15) is 18.7 Å². The molecule has 18 heteroatoms. The number of imidazole rings is 1. The number of halogens is 3. The molecule has 0 saturated carbocycles. The molecule has 306 valence electrons. The van der Waals surface area contributed by atoms with E-state index in [0.717, 1.165) is 31.1 Å². The van der Waals surface area contributed by atoms with E-state index >= 15 is 8.78 Å². The van der Waals surface area contributed by atoms with Gasteiger partial charge in [-0.2, -0.15) is 15.1 Å². The van der Waals surface area contributed by atoms with Crippen molar-refractivity contribution < 1.29 is 27.8 Å². The molecule has 5 atom stereocenters. The van der Waals surface area contributed by atoms with E-state index < -0.39 is 29.6 Å². The van der Waals surface area contributed by atoms with Crippen molar-refractivity contribution in [3.8, 4) is 16.9 Å². The number of aromatic nitrogens is 7. The Balaban J connectivity index is 1.09. The standard InChI is InChI=1S/C41H43F3N12O3/c1-22-46-33-13-24(43)11-29-32-5-4-6-36(48-32)47-25-14-35(40(58)51(2)20-28(59-3)21-53(22)37(29)33)54(17-25)38-30-16-45-56(34-8-7-23(42)12-31(34)44)39(30)50-41(49-38)55-26-15-27(55)19-52(18-26)9-10-57/h4-8,11-13,16,25-28,35,57H,9-10,14-15,17-21H2,1-3H3,(H,47,48)/t25-,26?,27?,28-,35-/m0/s1. The molecule has 4 aromatic heterocycles. The first-order valence-corrected chi connectivity index (χ1v) is 19.8. The summed E-state index contributed by atoms with van der Waals surface area (Å²) in [5, 5.41) is 18.2. The Morgan fingerprint density at radius 1 is 0.932 bits per heavy atom. The lowest BCUT2D eigenvalue weighted by atomic mass is 9.88. The molecule has 8 heterocycles. The van der Waals surface area contributed by atoms with Crippen molar-refractivity contribution in [3.05, 3.63) is 78.0 Å². The Morgan fingerprint density at radius 2 is 1.76 bits per heavy atom. The number of fused-ring (bicyclic) bond motifs is 8. The number of rotatable bonds is 6. The maximum Gasteiger partial charge on any atom is 0.245 e. The number of carbonyl (C=O) groups excluding carboxylic acids is 1. The van der Waals surface area contributed by atoms with Gasteiger partial charge >= 0.3 is 0 Å². The smallest absolute Gasteiger partial charge is 0.245 e. The van der Waals surface area contributed by atoms with Gasteiger partial charge in [0.2, 0.25) is 11.9 Å². The highest BCUT2D eigenvalue weighted by Gasteiger charge is 2.47. The molecule has 4 aliphatic heterocycles. The number of aliphatic hydroxyl groups excluding tert-OH is 1. The molecule has 10 rings (SSSR count). The fourth-order valence-electron chi connectivity index (χ4n) is 9.51. The van der Waals surface area contributed by atoms with Crippen LogP contribution in [0.3, 0.4) is 0 Å². The molecule has 3 fully saturated rings. The average Bonchev–Trinajstić information content (AvgIpc) is 3.91. The van der Waals surface area contributed by atoms with Crippen molar-refractivity contribution >= 4 is 45.6 Å². The fraction of sp³-hybridized carbons (Fsp3) is 0.415. The van der Waals surface area contributed by atoms with E-state index in [1.807, 2.05) is 34.6 Å². The number of pyridine rings is 1. The molecule has 0 spiro atoms. The number of β-amino-alcohol motifs (C(OH)–C–C–N with tert-alkyl or cyclic N) is 1. The van der Waals surface area contributed by atoms with Crippen molar-refractivity contribution in [1.29, 1.82) is 0 Å². The van der Waals surface area contributed by atoms with Gasteiger partial charge in [0.25, 0.3) is 0 Å². The minimum absolute atomic E-state index is 0.0214. The molecule has 6 bridgehead atoms. The summed E-state index contributed by atoms with van der Waals surface area (Å²) in [7, 11) is 3.36. The largest absolute Gasteiger partial charge is 0.395 e. The van der Waals surface area contributed by atoms with Gasteiger partial charge in [0.05, 0.1) is 47.6 Å². The van der Waals surface area contributed by atoms with Crippen LogP contribution in [-0.2, 0) is 16.1 Å². The second-order valence-electron chi connectivity index (χ2n) is 16.0. The van der Waals surface area contributed by atoms with Crippen LogP contribution in [0, 0.1) is 24.4 Å². The Labute approximate surface area is 337 Å². The molecular weight excluding hydrogens is 766 g/mol. The molecule has 2 N–H and O–H groups in total. The Morgan fingerprint density at radius 3 is 2.54 bits per heavy atom. The molecule has 59 heavy (non-hydrogen) atoms. The number of carbonyl (C=O) groups is 1. The summed E-state index contributed by atoms with van der Waals surface area (Å²) in [5.74, 6) is -0.00819. The van der Waals surface area contributed by atoms with Crippen LogP contribution in [0.4, 0.5) is 30.8 Å². The number of piperazine rings is 1.